The van der Waals surface area contributed by atoms with Gasteiger partial charge in [-0.3, -0.25) is 0 Å². The lowest BCUT2D eigenvalue weighted by atomic mass is 10.2. The molecule has 0 aromatic carbocycles. The lowest BCUT2D eigenvalue weighted by Gasteiger charge is -2.30. The Morgan fingerprint density at radius 1 is 1.30 bits per heavy atom. The van der Waals surface area contributed by atoms with Crippen molar-refractivity contribution in [1.29, 1.82) is 0 Å². The number of hydroxylamine groups is 2. The van der Waals surface area contributed by atoms with E-state index in [4.69, 9.17) is 4.84 Å². The third-order valence-electron chi connectivity index (χ3n) is 0.878. The van der Waals surface area contributed by atoms with E-state index in [9.17, 15) is 5.21 Å². The van der Waals surface area contributed by atoms with Gasteiger partial charge in [0, 0.05) is 0 Å². The van der Waals surface area contributed by atoms with E-state index >= 15 is 0 Å². The van der Waals surface area contributed by atoms with Crippen LogP contribution in [0.1, 0.15) is 34.6 Å². The highest BCUT2D eigenvalue weighted by atomic mass is 16.9. The van der Waals surface area contributed by atoms with Crippen LogP contribution >= 0.6 is 0 Å². The lowest BCUT2D eigenvalue weighted by Crippen LogP contribution is -3.10. The lowest BCUT2D eigenvalue weighted by molar-refractivity contribution is -1.08. The molecule has 0 radical (unpaired) electrons. The van der Waals surface area contributed by atoms with Crippen LogP contribution in [0.4, 0.5) is 0 Å². The number of nitrogens with one attached hydrogen (secondary N) is 1. The maximum Gasteiger partial charge on any atom is 0.119 e. The average Bonchev–Trinajstić information content (AvgIpc) is 1.60. The van der Waals surface area contributed by atoms with Crippen molar-refractivity contribution in [2.45, 2.75) is 46.3 Å². The first kappa shape index (κ1) is 9.88. The largest absolute Gasteiger partial charge is 0.600 e. The van der Waals surface area contributed by atoms with Crippen molar-refractivity contribution in [3.05, 3.63) is 5.21 Å². The van der Waals surface area contributed by atoms with Crippen LogP contribution in [0.3, 0.4) is 0 Å². The third-order valence-corrected chi connectivity index (χ3v) is 0.878. The van der Waals surface area contributed by atoms with Gasteiger partial charge in [0.25, 0.3) is 0 Å². The quantitative estimate of drug-likeness (QED) is 0.578. The van der Waals surface area contributed by atoms with E-state index < -0.39 is 0 Å². The molecule has 0 aliphatic heterocycles. The summed E-state index contributed by atoms with van der Waals surface area (Å²) < 4.78 is 0. The number of quaternary nitrogens is 1. The Labute approximate surface area is 62.5 Å². The highest BCUT2D eigenvalue weighted by molar-refractivity contribution is 4.54. The summed E-state index contributed by atoms with van der Waals surface area (Å²) in [5, 5.41) is 10.8. The second-order valence-corrected chi connectivity index (χ2v) is 3.69. The van der Waals surface area contributed by atoms with Gasteiger partial charge in [-0.1, -0.05) is 0 Å². The summed E-state index contributed by atoms with van der Waals surface area (Å²) in [6.07, 6.45) is 0. The molecule has 0 heterocycles. The normalized spacial score (nSPS) is 15.9. The molecule has 0 saturated heterocycles. The smallest absolute Gasteiger partial charge is 0.119 e. The summed E-state index contributed by atoms with van der Waals surface area (Å²) in [4.78, 5) is 5.06. The van der Waals surface area contributed by atoms with Crippen molar-refractivity contribution in [1.82, 2.24) is 0 Å². The third kappa shape index (κ3) is 4.73. The van der Waals surface area contributed by atoms with Gasteiger partial charge in [-0.05, 0) is 34.6 Å². The molecule has 1 N–H and O–H groups in total. The van der Waals surface area contributed by atoms with E-state index in [0.29, 0.717) is 0 Å². The van der Waals surface area contributed by atoms with Crippen LogP contribution in [0.5, 0.6) is 0 Å². The molecular weight excluding hydrogens is 130 g/mol. The van der Waals surface area contributed by atoms with Crippen LogP contribution in [0.2, 0.25) is 0 Å². The summed E-state index contributed by atoms with van der Waals surface area (Å²) >= 11 is 0. The molecule has 3 nitrogen and oxygen atoms in total. The van der Waals surface area contributed by atoms with Gasteiger partial charge in [0.05, 0.1) is 0 Å². The van der Waals surface area contributed by atoms with Gasteiger partial charge in [0.15, 0.2) is 0 Å². The van der Waals surface area contributed by atoms with Crippen molar-refractivity contribution in [3.63, 3.8) is 0 Å². The van der Waals surface area contributed by atoms with Gasteiger partial charge < -0.3 is 5.21 Å². The molecule has 0 bridgehead atoms. The van der Waals surface area contributed by atoms with E-state index in [-0.39, 0.29) is 16.9 Å². The average molecular weight is 147 g/mol. The Morgan fingerprint density at radius 2 is 1.70 bits per heavy atom. The first-order valence-electron chi connectivity index (χ1n) is 3.56. The molecule has 0 aromatic rings. The van der Waals surface area contributed by atoms with E-state index in [1.54, 1.807) is 0 Å². The predicted molar refractivity (Wildman–Crippen MR) is 40.3 cm³/mol. The second kappa shape index (κ2) is 3.32. The molecule has 10 heavy (non-hydrogen) atoms. The molecular formula is C7H17NO2. The Bertz CT molecular complexity index is 96.3. The first-order chi connectivity index (χ1) is 4.33. The maximum atomic E-state index is 10.9. The minimum Gasteiger partial charge on any atom is -0.600 e. The van der Waals surface area contributed by atoms with Crippen molar-refractivity contribution < 1.29 is 10.1 Å². The van der Waals surface area contributed by atoms with Crippen LogP contribution in [0, 0.1) is 5.21 Å². The number of hydrogen-bond donors (Lipinski definition) is 1. The van der Waals surface area contributed by atoms with Crippen LogP contribution in [-0.2, 0) is 4.84 Å². The minimum atomic E-state index is -0.346. The van der Waals surface area contributed by atoms with Gasteiger partial charge in [-0.2, -0.15) is 4.84 Å². The Morgan fingerprint density at radius 3 is 1.80 bits per heavy atom. The first-order valence-corrected chi connectivity index (χ1v) is 3.56. The van der Waals surface area contributed by atoms with Crippen LogP contribution < -0.4 is 5.23 Å². The van der Waals surface area contributed by atoms with Crippen LogP contribution in [0.15, 0.2) is 0 Å². The zero-order valence-electron chi connectivity index (χ0n) is 7.39. The molecule has 0 spiro atoms. The predicted octanol–water partition coefficient (Wildman–Crippen LogP) is 0.508. The summed E-state index contributed by atoms with van der Waals surface area (Å²) in [7, 11) is 0. The fourth-order valence-electron chi connectivity index (χ4n) is 0.420. The molecule has 0 fully saturated rings. The molecule has 1 unspecified atom stereocenters. The molecule has 0 rings (SSSR count). The van der Waals surface area contributed by atoms with E-state index in [1.165, 1.54) is 0 Å². The van der Waals surface area contributed by atoms with Gasteiger partial charge in [0.1, 0.15) is 11.6 Å². The molecule has 0 amide bonds. The van der Waals surface area contributed by atoms with Gasteiger partial charge in [-0.25, -0.2) is 5.23 Å². The maximum absolute atomic E-state index is 10.9. The Hall–Kier alpha value is -0.120. The van der Waals surface area contributed by atoms with Gasteiger partial charge >= 0.3 is 0 Å². The van der Waals surface area contributed by atoms with Gasteiger partial charge in [0.2, 0.25) is 0 Å². The van der Waals surface area contributed by atoms with E-state index in [0.717, 1.165) is 0 Å². The summed E-state index contributed by atoms with van der Waals surface area (Å²) in [6, 6.07) is -0.0285. The number of rotatable bonds is 2. The van der Waals surface area contributed by atoms with E-state index in [1.807, 2.05) is 34.6 Å². The monoisotopic (exact) mass is 147 g/mol. The summed E-state index contributed by atoms with van der Waals surface area (Å²) in [5.41, 5.74) is -0.346. The van der Waals surface area contributed by atoms with Gasteiger partial charge in [-0.15, -0.1) is 0 Å². The summed E-state index contributed by atoms with van der Waals surface area (Å²) in [6.45, 7) is 9.26. The molecule has 0 saturated carbocycles. The highest BCUT2D eigenvalue weighted by Crippen LogP contribution is 2.01. The molecule has 62 valence electrons. The van der Waals surface area contributed by atoms with Crippen molar-refractivity contribution >= 4 is 0 Å². The molecule has 0 aliphatic rings. The second-order valence-electron chi connectivity index (χ2n) is 3.69. The van der Waals surface area contributed by atoms with Crippen molar-refractivity contribution in [2.24, 2.45) is 0 Å². The Kier molecular flexibility index (Phi) is 3.28. The van der Waals surface area contributed by atoms with Crippen LogP contribution in [-0.4, -0.2) is 11.6 Å². The van der Waals surface area contributed by atoms with E-state index in [2.05, 4.69) is 0 Å². The van der Waals surface area contributed by atoms with Crippen molar-refractivity contribution in [3.8, 4) is 0 Å². The fourth-order valence-corrected chi connectivity index (χ4v) is 0.420. The molecule has 3 heteroatoms. The SMILES string of the molecule is CC(C)[NH+]([O-])OC(C)(C)C. The minimum absolute atomic E-state index is 0.0285. The number of hydrogen-bond acceptors (Lipinski definition) is 2. The standard InChI is InChI=1S/C7H17NO2/c1-6(2)8(9)10-7(3,4)5/h6,8H,1-5H3. The Balaban J connectivity index is 3.68. The highest BCUT2D eigenvalue weighted by Gasteiger charge is 2.17. The molecule has 1 atom stereocenters. The molecule has 0 aliphatic carbocycles. The zero-order valence-corrected chi connectivity index (χ0v) is 7.39. The van der Waals surface area contributed by atoms with Crippen molar-refractivity contribution in [2.75, 3.05) is 0 Å². The topological polar surface area (TPSA) is 36.7 Å². The van der Waals surface area contributed by atoms with Crippen LogP contribution in [0.25, 0.3) is 0 Å². The fraction of sp³-hybridized carbons (Fsp3) is 1.00. The zero-order chi connectivity index (χ0) is 8.36. The summed E-state index contributed by atoms with van der Waals surface area (Å²) in [5.74, 6) is 0. The molecule has 0 aromatic heterocycles.